The first-order valence-corrected chi connectivity index (χ1v) is 8.68. The largest absolute Gasteiger partial charge is 0.419 e. The van der Waals surface area contributed by atoms with Crippen molar-refractivity contribution < 1.29 is 12.8 Å². The summed E-state index contributed by atoms with van der Waals surface area (Å²) < 4.78 is 33.4. The first kappa shape index (κ1) is 16.8. The molecule has 1 aromatic heterocycles. The highest BCUT2D eigenvalue weighted by atomic mass is 32.2. The number of aromatic nitrogens is 1. The third-order valence-corrected chi connectivity index (χ3v) is 4.93. The maximum Gasteiger partial charge on any atom is 0.419 e. The predicted octanol–water partition coefficient (Wildman–Crippen LogP) is 2.24. The summed E-state index contributed by atoms with van der Waals surface area (Å²) in [5, 5.41) is 0. The Kier molecular flexibility index (Phi) is 4.49. The molecule has 0 saturated heterocycles. The van der Waals surface area contributed by atoms with Crippen molar-refractivity contribution in [1.29, 1.82) is 0 Å². The Labute approximate surface area is 130 Å². The minimum atomic E-state index is -3.59. The van der Waals surface area contributed by atoms with Gasteiger partial charge in [-0.2, -0.15) is 0 Å². The molecule has 2 rings (SSSR count). The molecule has 2 aromatic rings. The van der Waals surface area contributed by atoms with Crippen molar-refractivity contribution in [3.8, 4) is 0 Å². The zero-order valence-electron chi connectivity index (χ0n) is 13.3. The monoisotopic (exact) mass is 326 g/mol. The maximum atomic E-state index is 12.3. The second-order valence-corrected chi connectivity index (χ2v) is 8.39. The smallest absolute Gasteiger partial charge is 0.408 e. The Morgan fingerprint density at radius 2 is 1.95 bits per heavy atom. The lowest BCUT2D eigenvalue weighted by molar-refractivity contribution is 0.365. The molecule has 0 amide bonds. The van der Waals surface area contributed by atoms with E-state index in [1.54, 1.807) is 13.1 Å². The molecule has 1 heterocycles. The van der Waals surface area contributed by atoms with E-state index < -0.39 is 15.8 Å². The highest BCUT2D eigenvalue weighted by Gasteiger charge is 2.17. The van der Waals surface area contributed by atoms with Crippen molar-refractivity contribution in [2.45, 2.75) is 38.5 Å². The van der Waals surface area contributed by atoms with Crippen LogP contribution in [0.4, 0.5) is 0 Å². The molecular formula is C15H22N2O4S. The third-order valence-electron chi connectivity index (χ3n) is 3.47. The summed E-state index contributed by atoms with van der Waals surface area (Å²) in [7, 11) is -2.02. The summed E-state index contributed by atoms with van der Waals surface area (Å²) in [6.07, 6.45) is 1.70. The number of aryl methyl sites for hydroxylation is 1. The van der Waals surface area contributed by atoms with Gasteiger partial charge < -0.3 is 4.42 Å². The summed E-state index contributed by atoms with van der Waals surface area (Å²) in [6, 6.07) is 4.43. The minimum Gasteiger partial charge on any atom is -0.408 e. The van der Waals surface area contributed by atoms with E-state index in [9.17, 15) is 13.2 Å². The molecule has 22 heavy (non-hydrogen) atoms. The van der Waals surface area contributed by atoms with Crippen LogP contribution >= 0.6 is 0 Å². The van der Waals surface area contributed by atoms with Crippen molar-refractivity contribution in [2.75, 3.05) is 6.54 Å². The van der Waals surface area contributed by atoms with E-state index in [0.717, 1.165) is 12.8 Å². The van der Waals surface area contributed by atoms with Gasteiger partial charge in [-0.05, 0) is 30.4 Å². The second kappa shape index (κ2) is 5.89. The Balaban J connectivity index is 2.14. The molecule has 0 unspecified atom stereocenters. The minimum absolute atomic E-state index is 0.102. The number of hydrogen-bond acceptors (Lipinski definition) is 4. The van der Waals surface area contributed by atoms with Gasteiger partial charge in [-0.1, -0.05) is 20.8 Å². The van der Waals surface area contributed by atoms with Gasteiger partial charge in [-0.3, -0.25) is 4.57 Å². The fourth-order valence-electron chi connectivity index (χ4n) is 2.19. The van der Waals surface area contributed by atoms with Gasteiger partial charge in [0, 0.05) is 19.7 Å². The van der Waals surface area contributed by atoms with E-state index in [-0.39, 0.29) is 15.9 Å². The molecule has 7 heteroatoms. The van der Waals surface area contributed by atoms with Crippen LogP contribution in [0.5, 0.6) is 0 Å². The molecule has 1 aromatic carbocycles. The molecule has 0 fully saturated rings. The van der Waals surface area contributed by atoms with Gasteiger partial charge in [0.15, 0.2) is 5.58 Å². The van der Waals surface area contributed by atoms with Gasteiger partial charge in [0.25, 0.3) is 0 Å². The molecule has 0 saturated carbocycles. The molecule has 0 bridgehead atoms. The summed E-state index contributed by atoms with van der Waals surface area (Å²) in [5.74, 6) is -0.511. The quantitative estimate of drug-likeness (QED) is 0.854. The Hall–Kier alpha value is -1.60. The predicted molar refractivity (Wildman–Crippen MR) is 85.3 cm³/mol. The van der Waals surface area contributed by atoms with Crippen LogP contribution in [0.3, 0.4) is 0 Å². The summed E-state index contributed by atoms with van der Waals surface area (Å²) in [4.78, 5) is 11.5. The van der Waals surface area contributed by atoms with Gasteiger partial charge in [0.05, 0.1) is 10.4 Å². The van der Waals surface area contributed by atoms with Crippen LogP contribution in [0.1, 0.15) is 33.6 Å². The third kappa shape index (κ3) is 3.78. The van der Waals surface area contributed by atoms with Crippen molar-refractivity contribution in [1.82, 2.24) is 9.29 Å². The van der Waals surface area contributed by atoms with Crippen molar-refractivity contribution >= 4 is 21.1 Å². The number of nitrogens with one attached hydrogen (secondary N) is 1. The van der Waals surface area contributed by atoms with Gasteiger partial charge in [0.2, 0.25) is 10.0 Å². The van der Waals surface area contributed by atoms with Crippen LogP contribution in [-0.2, 0) is 17.1 Å². The molecule has 122 valence electrons. The van der Waals surface area contributed by atoms with Gasteiger partial charge in [-0.15, -0.1) is 0 Å². The standard InChI is InChI=1S/C15H22N2O4S/c1-15(2,3)8-5-9-16-22(19,20)11-6-7-12-13(10-11)21-14(18)17(12)4/h6-7,10,16H,5,8-9H2,1-4H3. The van der Waals surface area contributed by atoms with Crippen LogP contribution < -0.4 is 10.5 Å². The highest BCUT2D eigenvalue weighted by molar-refractivity contribution is 7.89. The van der Waals surface area contributed by atoms with Gasteiger partial charge in [-0.25, -0.2) is 17.9 Å². The SMILES string of the molecule is Cn1c(=O)oc2cc(S(=O)(=O)NCCCC(C)(C)C)ccc21. The maximum absolute atomic E-state index is 12.3. The van der Waals surface area contributed by atoms with Gasteiger partial charge >= 0.3 is 5.76 Å². The first-order chi connectivity index (χ1) is 10.1. The van der Waals surface area contributed by atoms with Crippen molar-refractivity contribution in [3.63, 3.8) is 0 Å². The molecule has 0 spiro atoms. The normalized spacial score (nSPS) is 12.9. The van der Waals surface area contributed by atoms with Crippen LogP contribution in [0.15, 0.2) is 32.3 Å². The molecule has 1 N–H and O–H groups in total. The van der Waals surface area contributed by atoms with Crippen LogP contribution in [0, 0.1) is 5.41 Å². The first-order valence-electron chi connectivity index (χ1n) is 7.19. The summed E-state index contributed by atoms with van der Waals surface area (Å²) in [6.45, 7) is 6.74. The Morgan fingerprint density at radius 3 is 2.59 bits per heavy atom. The van der Waals surface area contributed by atoms with E-state index in [1.807, 2.05) is 0 Å². The zero-order valence-corrected chi connectivity index (χ0v) is 14.2. The Morgan fingerprint density at radius 1 is 1.27 bits per heavy atom. The average molecular weight is 326 g/mol. The molecule has 6 nitrogen and oxygen atoms in total. The molecule has 0 aliphatic carbocycles. The fraction of sp³-hybridized carbons (Fsp3) is 0.533. The zero-order chi connectivity index (χ0) is 16.5. The molecular weight excluding hydrogens is 304 g/mol. The second-order valence-electron chi connectivity index (χ2n) is 6.62. The number of nitrogens with zero attached hydrogens (tertiary/aromatic N) is 1. The van der Waals surface area contributed by atoms with E-state index in [2.05, 4.69) is 25.5 Å². The lowest BCUT2D eigenvalue weighted by atomic mass is 9.91. The molecule has 0 atom stereocenters. The summed E-state index contributed by atoms with van der Waals surface area (Å²) in [5.41, 5.74) is 1.01. The van der Waals surface area contributed by atoms with Crippen LogP contribution in [0.2, 0.25) is 0 Å². The summed E-state index contributed by atoms with van der Waals surface area (Å²) >= 11 is 0. The lowest BCUT2D eigenvalue weighted by Gasteiger charge is -2.17. The topological polar surface area (TPSA) is 81.3 Å². The number of sulfonamides is 1. The lowest BCUT2D eigenvalue weighted by Crippen LogP contribution is -2.25. The highest BCUT2D eigenvalue weighted by Crippen LogP contribution is 2.21. The van der Waals surface area contributed by atoms with E-state index in [0.29, 0.717) is 12.1 Å². The number of hydrogen-bond donors (Lipinski definition) is 1. The van der Waals surface area contributed by atoms with Crippen molar-refractivity contribution in [2.24, 2.45) is 12.5 Å². The molecule has 0 aliphatic rings. The molecule has 0 aliphatic heterocycles. The van der Waals surface area contributed by atoms with Crippen LogP contribution in [-0.4, -0.2) is 19.5 Å². The van der Waals surface area contributed by atoms with Gasteiger partial charge in [0.1, 0.15) is 0 Å². The average Bonchev–Trinajstić information content (AvgIpc) is 2.69. The number of benzene rings is 1. The number of fused-ring (bicyclic) bond motifs is 1. The van der Waals surface area contributed by atoms with Crippen molar-refractivity contribution in [3.05, 3.63) is 28.7 Å². The Bertz CT molecular complexity index is 825. The number of oxazole rings is 1. The number of rotatable bonds is 5. The molecule has 0 radical (unpaired) electrons. The van der Waals surface area contributed by atoms with E-state index in [1.165, 1.54) is 16.7 Å². The van der Waals surface area contributed by atoms with Crippen LogP contribution in [0.25, 0.3) is 11.1 Å². The van der Waals surface area contributed by atoms with E-state index >= 15 is 0 Å². The fourth-order valence-corrected chi connectivity index (χ4v) is 3.28. The van der Waals surface area contributed by atoms with E-state index in [4.69, 9.17) is 4.42 Å².